The van der Waals surface area contributed by atoms with Crippen LogP contribution >= 0.6 is 0 Å². The number of nitrogens with one attached hydrogen (secondary N) is 1. The summed E-state index contributed by atoms with van der Waals surface area (Å²) in [6.07, 6.45) is 1.16. The molecule has 0 saturated carbocycles. The van der Waals surface area contributed by atoms with Gasteiger partial charge in [-0.3, -0.25) is 4.79 Å². The predicted molar refractivity (Wildman–Crippen MR) is 113 cm³/mol. The van der Waals surface area contributed by atoms with Crippen molar-refractivity contribution in [3.63, 3.8) is 0 Å². The molecule has 0 aliphatic carbocycles. The van der Waals surface area contributed by atoms with Gasteiger partial charge in [-0.2, -0.15) is 5.10 Å². The molecular weight excluding hydrogens is 366 g/mol. The van der Waals surface area contributed by atoms with E-state index in [1.165, 1.54) is 0 Å². The number of nitrogens with zero attached hydrogens (tertiary/aromatic N) is 4. The predicted octanol–water partition coefficient (Wildman–Crippen LogP) is 3.87. The van der Waals surface area contributed by atoms with Crippen LogP contribution in [0.4, 0.5) is 5.69 Å². The zero-order chi connectivity index (χ0) is 21.0. The molecule has 1 amide bonds. The minimum absolute atomic E-state index is 0.107. The zero-order valence-electron chi connectivity index (χ0n) is 17.6. The minimum Gasteiger partial charge on any atom is -0.494 e. The van der Waals surface area contributed by atoms with Crippen LogP contribution in [0.1, 0.15) is 41.7 Å². The first-order chi connectivity index (χ1) is 13.9. The Morgan fingerprint density at radius 3 is 2.52 bits per heavy atom. The summed E-state index contributed by atoms with van der Waals surface area (Å²) in [4.78, 5) is 21.6. The molecule has 2 aromatic heterocycles. The summed E-state index contributed by atoms with van der Waals surface area (Å²) in [7, 11) is 0. The van der Waals surface area contributed by atoms with Crippen LogP contribution in [-0.2, 0) is 11.2 Å². The second-order valence-electron chi connectivity index (χ2n) is 7.11. The molecule has 0 aliphatic heterocycles. The highest BCUT2D eigenvalue weighted by molar-refractivity contribution is 5.92. The van der Waals surface area contributed by atoms with Crippen molar-refractivity contribution in [1.82, 2.24) is 19.7 Å². The Morgan fingerprint density at radius 2 is 1.83 bits per heavy atom. The van der Waals surface area contributed by atoms with E-state index >= 15 is 0 Å². The van der Waals surface area contributed by atoms with Crippen molar-refractivity contribution in [3.8, 4) is 11.7 Å². The third-order valence-corrected chi connectivity index (χ3v) is 4.53. The smallest absolute Gasteiger partial charge is 0.251 e. The van der Waals surface area contributed by atoms with Crippen molar-refractivity contribution in [2.75, 3.05) is 11.9 Å². The minimum atomic E-state index is -0.107. The first-order valence-electron chi connectivity index (χ1n) is 9.78. The van der Waals surface area contributed by atoms with Gasteiger partial charge >= 0.3 is 0 Å². The van der Waals surface area contributed by atoms with Crippen molar-refractivity contribution in [2.24, 2.45) is 0 Å². The Balaban J connectivity index is 1.77. The zero-order valence-corrected chi connectivity index (χ0v) is 17.6. The van der Waals surface area contributed by atoms with Gasteiger partial charge in [0, 0.05) is 34.4 Å². The third-order valence-electron chi connectivity index (χ3n) is 4.53. The van der Waals surface area contributed by atoms with Crippen LogP contribution in [0.15, 0.2) is 30.3 Å². The summed E-state index contributed by atoms with van der Waals surface area (Å²) in [6.45, 7) is 10.4. The fourth-order valence-corrected chi connectivity index (χ4v) is 3.18. The number of amides is 1. The molecule has 152 valence electrons. The van der Waals surface area contributed by atoms with Crippen LogP contribution < -0.4 is 10.1 Å². The number of ether oxygens (including phenoxy) is 1. The molecule has 29 heavy (non-hydrogen) atoms. The molecule has 1 aromatic carbocycles. The highest BCUT2D eigenvalue weighted by Gasteiger charge is 2.18. The normalized spacial score (nSPS) is 10.8. The highest BCUT2D eigenvalue weighted by Crippen LogP contribution is 2.20. The molecule has 0 bridgehead atoms. The van der Waals surface area contributed by atoms with Crippen LogP contribution in [0.25, 0.3) is 5.95 Å². The van der Waals surface area contributed by atoms with E-state index in [1.54, 1.807) is 4.68 Å². The number of aromatic nitrogens is 4. The second kappa shape index (κ2) is 8.86. The molecule has 0 spiro atoms. The van der Waals surface area contributed by atoms with Gasteiger partial charge < -0.3 is 10.1 Å². The molecular formula is C22H27N5O2. The Morgan fingerprint density at radius 1 is 1.10 bits per heavy atom. The van der Waals surface area contributed by atoms with Gasteiger partial charge in [-0.1, -0.05) is 13.0 Å². The highest BCUT2D eigenvalue weighted by atomic mass is 16.5. The van der Waals surface area contributed by atoms with Crippen molar-refractivity contribution < 1.29 is 9.53 Å². The van der Waals surface area contributed by atoms with Gasteiger partial charge in [-0.25, -0.2) is 14.6 Å². The van der Waals surface area contributed by atoms with Gasteiger partial charge in [0.15, 0.2) is 0 Å². The molecule has 0 fully saturated rings. The number of carbonyl (C=O) groups is 1. The quantitative estimate of drug-likeness (QED) is 0.659. The van der Waals surface area contributed by atoms with Crippen LogP contribution in [0, 0.1) is 27.7 Å². The monoisotopic (exact) mass is 393 g/mol. The fraction of sp³-hybridized carbons (Fsp3) is 0.364. The summed E-state index contributed by atoms with van der Waals surface area (Å²) >= 11 is 0. The molecule has 0 atom stereocenters. The lowest BCUT2D eigenvalue weighted by Crippen LogP contribution is -2.15. The van der Waals surface area contributed by atoms with Gasteiger partial charge in [0.25, 0.3) is 5.95 Å². The topological polar surface area (TPSA) is 81.9 Å². The number of hydrogen-bond donors (Lipinski definition) is 1. The maximum absolute atomic E-state index is 12.6. The number of rotatable bonds is 7. The lowest BCUT2D eigenvalue weighted by atomic mass is 10.1. The van der Waals surface area contributed by atoms with Gasteiger partial charge in [-0.15, -0.1) is 0 Å². The van der Waals surface area contributed by atoms with E-state index in [9.17, 15) is 4.79 Å². The van der Waals surface area contributed by atoms with E-state index in [0.717, 1.165) is 40.5 Å². The van der Waals surface area contributed by atoms with E-state index in [2.05, 4.69) is 27.3 Å². The van der Waals surface area contributed by atoms with Gasteiger partial charge in [0.2, 0.25) is 5.91 Å². The van der Waals surface area contributed by atoms with Crippen LogP contribution in [0.3, 0.4) is 0 Å². The maximum Gasteiger partial charge on any atom is 0.251 e. The average molecular weight is 393 g/mol. The number of aryl methyl sites for hydroxylation is 3. The van der Waals surface area contributed by atoms with E-state index in [1.807, 2.05) is 58.0 Å². The van der Waals surface area contributed by atoms with E-state index in [4.69, 9.17) is 4.74 Å². The summed E-state index contributed by atoms with van der Waals surface area (Å²) in [5, 5.41) is 7.50. The summed E-state index contributed by atoms with van der Waals surface area (Å²) < 4.78 is 7.33. The molecule has 0 saturated heterocycles. The largest absolute Gasteiger partial charge is 0.494 e. The number of benzene rings is 1. The lowest BCUT2D eigenvalue weighted by molar-refractivity contribution is -0.115. The molecule has 1 N–H and O–H groups in total. The Bertz CT molecular complexity index is 1010. The van der Waals surface area contributed by atoms with E-state index < -0.39 is 0 Å². The standard InChI is InChI=1S/C22H27N5O2/c1-6-10-29-19-9-7-8-18(12-19)25-21(28)13-20-16(4)26-27(17(20)5)22-23-14(2)11-15(3)24-22/h7-9,11-12H,6,10,13H2,1-5H3,(H,25,28). The fourth-order valence-electron chi connectivity index (χ4n) is 3.18. The molecule has 0 unspecified atom stereocenters. The Kier molecular flexibility index (Phi) is 6.26. The van der Waals surface area contributed by atoms with Crippen molar-refractivity contribution in [3.05, 3.63) is 58.7 Å². The Hall–Kier alpha value is -3.22. The van der Waals surface area contributed by atoms with Crippen LogP contribution in [0.2, 0.25) is 0 Å². The first-order valence-corrected chi connectivity index (χ1v) is 9.78. The van der Waals surface area contributed by atoms with E-state index in [-0.39, 0.29) is 12.3 Å². The number of hydrogen-bond acceptors (Lipinski definition) is 5. The maximum atomic E-state index is 12.6. The van der Waals surface area contributed by atoms with Crippen molar-refractivity contribution in [2.45, 2.75) is 47.5 Å². The van der Waals surface area contributed by atoms with Crippen molar-refractivity contribution in [1.29, 1.82) is 0 Å². The first kappa shape index (κ1) is 20.5. The molecule has 7 heteroatoms. The number of anilines is 1. The van der Waals surface area contributed by atoms with Gasteiger partial charge in [-0.05, 0) is 52.3 Å². The molecule has 3 rings (SSSR count). The number of carbonyl (C=O) groups excluding carboxylic acids is 1. The summed E-state index contributed by atoms with van der Waals surface area (Å²) in [6, 6.07) is 9.35. The third kappa shape index (κ3) is 4.99. The summed E-state index contributed by atoms with van der Waals surface area (Å²) in [5.74, 6) is 1.16. The lowest BCUT2D eigenvalue weighted by Gasteiger charge is -2.09. The molecule has 7 nitrogen and oxygen atoms in total. The molecule has 3 aromatic rings. The second-order valence-corrected chi connectivity index (χ2v) is 7.11. The van der Waals surface area contributed by atoms with E-state index in [0.29, 0.717) is 18.2 Å². The Labute approximate surface area is 171 Å². The van der Waals surface area contributed by atoms with Crippen molar-refractivity contribution >= 4 is 11.6 Å². The van der Waals surface area contributed by atoms with Crippen LogP contribution in [-0.4, -0.2) is 32.3 Å². The molecule has 0 aliphatic rings. The average Bonchev–Trinajstić information content (AvgIpc) is 2.94. The SMILES string of the molecule is CCCOc1cccc(NC(=O)Cc2c(C)nn(-c3nc(C)cc(C)n3)c2C)c1. The summed E-state index contributed by atoms with van der Waals surface area (Å²) in [5.41, 5.74) is 5.00. The van der Waals surface area contributed by atoms with Gasteiger partial charge in [0.05, 0.1) is 18.7 Å². The molecule has 0 radical (unpaired) electrons. The molecule has 2 heterocycles. The van der Waals surface area contributed by atoms with Gasteiger partial charge in [0.1, 0.15) is 5.75 Å². The van der Waals surface area contributed by atoms with Crippen LogP contribution in [0.5, 0.6) is 5.75 Å².